The summed E-state index contributed by atoms with van der Waals surface area (Å²) in [6, 6.07) is 12.9. The van der Waals surface area contributed by atoms with Crippen LogP contribution in [-0.2, 0) is 17.6 Å². The number of hydrogen-bond donors (Lipinski definition) is 1. The van der Waals surface area contributed by atoms with Crippen LogP contribution in [0.4, 0.5) is 11.4 Å². The van der Waals surface area contributed by atoms with E-state index in [4.69, 9.17) is 0 Å². The molecule has 0 heterocycles. The van der Waals surface area contributed by atoms with Crippen molar-refractivity contribution in [2.45, 2.75) is 33.1 Å². The molecule has 2 aromatic carbocycles. The predicted octanol–water partition coefficient (Wildman–Crippen LogP) is 4.04. The van der Waals surface area contributed by atoms with Crippen LogP contribution in [0.2, 0.25) is 0 Å². The quantitative estimate of drug-likeness (QED) is 0.646. The molecule has 0 saturated heterocycles. The lowest BCUT2D eigenvalue weighted by Crippen LogP contribution is -2.13. The fourth-order valence-corrected chi connectivity index (χ4v) is 2.37. The van der Waals surface area contributed by atoms with Gasteiger partial charge in [0, 0.05) is 12.5 Å². The number of nitro groups is 1. The second kappa shape index (κ2) is 7.54. The summed E-state index contributed by atoms with van der Waals surface area (Å²) in [5, 5.41) is 13.7. The van der Waals surface area contributed by atoms with Crippen LogP contribution >= 0.6 is 0 Å². The monoisotopic (exact) mass is 312 g/mol. The molecule has 2 rings (SSSR count). The van der Waals surface area contributed by atoms with Gasteiger partial charge in [0.2, 0.25) is 5.91 Å². The topological polar surface area (TPSA) is 72.2 Å². The standard InChI is InChI=1S/C18H20N2O3/c1-3-14-7-9-15(10-8-14)11-12-18(21)19-16-5-4-6-17(13(16)2)20(22)23/h4-10H,3,11-12H2,1-2H3,(H,19,21). The van der Waals surface area contributed by atoms with E-state index in [1.165, 1.54) is 11.6 Å². The molecule has 0 unspecified atom stereocenters. The van der Waals surface area contributed by atoms with Crippen molar-refractivity contribution in [2.75, 3.05) is 5.32 Å². The molecule has 0 aromatic heterocycles. The van der Waals surface area contributed by atoms with Crippen molar-refractivity contribution in [2.24, 2.45) is 0 Å². The van der Waals surface area contributed by atoms with E-state index in [9.17, 15) is 14.9 Å². The Bertz CT molecular complexity index is 709. The molecule has 5 heteroatoms. The summed E-state index contributed by atoms with van der Waals surface area (Å²) in [4.78, 5) is 22.5. The first-order valence-corrected chi connectivity index (χ1v) is 7.63. The number of rotatable bonds is 6. The highest BCUT2D eigenvalue weighted by molar-refractivity contribution is 5.92. The zero-order valence-corrected chi connectivity index (χ0v) is 13.3. The minimum absolute atomic E-state index is 0.0120. The van der Waals surface area contributed by atoms with Crippen molar-refractivity contribution in [3.8, 4) is 0 Å². The number of carbonyl (C=O) groups is 1. The maximum atomic E-state index is 12.1. The van der Waals surface area contributed by atoms with Crippen LogP contribution in [0, 0.1) is 17.0 Å². The number of anilines is 1. The molecular formula is C18H20N2O3. The second-order valence-electron chi connectivity index (χ2n) is 5.43. The fourth-order valence-electron chi connectivity index (χ4n) is 2.37. The molecule has 1 N–H and O–H groups in total. The molecule has 1 amide bonds. The average molecular weight is 312 g/mol. The molecule has 0 atom stereocenters. The van der Waals surface area contributed by atoms with Crippen LogP contribution < -0.4 is 5.32 Å². The number of hydrogen-bond acceptors (Lipinski definition) is 3. The van der Waals surface area contributed by atoms with Crippen LogP contribution in [0.1, 0.15) is 30.0 Å². The number of carbonyl (C=O) groups excluding carboxylic acids is 1. The molecule has 5 nitrogen and oxygen atoms in total. The maximum Gasteiger partial charge on any atom is 0.274 e. The van der Waals surface area contributed by atoms with Crippen LogP contribution in [0.3, 0.4) is 0 Å². The van der Waals surface area contributed by atoms with Gasteiger partial charge in [0.1, 0.15) is 0 Å². The first-order chi connectivity index (χ1) is 11.0. The SMILES string of the molecule is CCc1ccc(CCC(=O)Nc2cccc([N+](=O)[O-])c2C)cc1. The van der Waals surface area contributed by atoms with Gasteiger partial charge in [-0.15, -0.1) is 0 Å². The molecule has 0 radical (unpaired) electrons. The van der Waals surface area contributed by atoms with E-state index < -0.39 is 4.92 Å². The Kier molecular flexibility index (Phi) is 5.46. The number of nitrogens with one attached hydrogen (secondary N) is 1. The smallest absolute Gasteiger partial charge is 0.274 e. The lowest BCUT2D eigenvalue weighted by atomic mass is 10.1. The molecule has 0 bridgehead atoms. The molecule has 23 heavy (non-hydrogen) atoms. The van der Waals surface area contributed by atoms with Crippen molar-refractivity contribution in [1.29, 1.82) is 0 Å². The highest BCUT2D eigenvalue weighted by atomic mass is 16.6. The highest BCUT2D eigenvalue weighted by Gasteiger charge is 2.14. The summed E-state index contributed by atoms with van der Waals surface area (Å²) in [7, 11) is 0. The molecule has 120 valence electrons. The predicted molar refractivity (Wildman–Crippen MR) is 90.6 cm³/mol. The minimum atomic E-state index is -0.444. The molecule has 0 saturated carbocycles. The van der Waals surface area contributed by atoms with Gasteiger partial charge in [0.25, 0.3) is 5.69 Å². The molecule has 0 spiro atoms. The normalized spacial score (nSPS) is 10.3. The third-order valence-corrected chi connectivity index (χ3v) is 3.85. The Morgan fingerprint density at radius 2 is 1.78 bits per heavy atom. The lowest BCUT2D eigenvalue weighted by Gasteiger charge is -2.09. The van der Waals surface area contributed by atoms with E-state index in [0.29, 0.717) is 24.1 Å². The van der Waals surface area contributed by atoms with Crippen LogP contribution in [0.15, 0.2) is 42.5 Å². The first-order valence-electron chi connectivity index (χ1n) is 7.63. The van der Waals surface area contributed by atoms with E-state index >= 15 is 0 Å². The van der Waals surface area contributed by atoms with E-state index in [1.54, 1.807) is 19.1 Å². The summed E-state index contributed by atoms with van der Waals surface area (Å²) in [5.41, 5.74) is 3.35. The average Bonchev–Trinajstić information content (AvgIpc) is 2.55. The Morgan fingerprint density at radius 3 is 2.39 bits per heavy atom. The van der Waals surface area contributed by atoms with Gasteiger partial charge in [-0.3, -0.25) is 14.9 Å². The lowest BCUT2D eigenvalue weighted by molar-refractivity contribution is -0.385. The molecule has 0 aliphatic rings. The van der Waals surface area contributed by atoms with Crippen LogP contribution in [0.5, 0.6) is 0 Å². The summed E-state index contributed by atoms with van der Waals surface area (Å²) >= 11 is 0. The van der Waals surface area contributed by atoms with E-state index in [2.05, 4.69) is 24.4 Å². The van der Waals surface area contributed by atoms with Crippen LogP contribution in [0.25, 0.3) is 0 Å². The number of nitrogens with zero attached hydrogens (tertiary/aromatic N) is 1. The van der Waals surface area contributed by atoms with Crippen LogP contribution in [-0.4, -0.2) is 10.8 Å². The molecule has 0 aliphatic heterocycles. The van der Waals surface area contributed by atoms with Gasteiger partial charge < -0.3 is 5.32 Å². The Balaban J connectivity index is 1.97. The van der Waals surface area contributed by atoms with E-state index in [1.807, 2.05) is 12.1 Å². The third kappa shape index (κ3) is 4.39. The van der Waals surface area contributed by atoms with Gasteiger partial charge in [0.05, 0.1) is 16.2 Å². The zero-order chi connectivity index (χ0) is 16.8. The van der Waals surface area contributed by atoms with Gasteiger partial charge in [-0.1, -0.05) is 37.3 Å². The van der Waals surface area contributed by atoms with Gasteiger partial charge in [-0.25, -0.2) is 0 Å². The number of amides is 1. The molecule has 0 aliphatic carbocycles. The van der Waals surface area contributed by atoms with Gasteiger partial charge in [-0.05, 0) is 37.0 Å². The second-order valence-corrected chi connectivity index (χ2v) is 5.43. The summed E-state index contributed by atoms with van der Waals surface area (Å²) in [6.07, 6.45) is 1.98. The highest BCUT2D eigenvalue weighted by Crippen LogP contribution is 2.25. The van der Waals surface area contributed by atoms with Crippen molar-refractivity contribution < 1.29 is 9.72 Å². The summed E-state index contributed by atoms with van der Waals surface area (Å²) in [5.74, 6) is -0.145. The summed E-state index contributed by atoms with van der Waals surface area (Å²) in [6.45, 7) is 3.74. The Labute approximate surface area is 135 Å². The zero-order valence-electron chi connectivity index (χ0n) is 13.3. The van der Waals surface area contributed by atoms with E-state index in [-0.39, 0.29) is 11.6 Å². The first kappa shape index (κ1) is 16.7. The Morgan fingerprint density at radius 1 is 1.13 bits per heavy atom. The molecule has 0 fully saturated rings. The number of aryl methyl sites for hydroxylation is 2. The minimum Gasteiger partial charge on any atom is -0.326 e. The molecule has 2 aromatic rings. The fraction of sp³-hybridized carbons (Fsp3) is 0.278. The summed E-state index contributed by atoms with van der Waals surface area (Å²) < 4.78 is 0. The Hall–Kier alpha value is -2.69. The third-order valence-electron chi connectivity index (χ3n) is 3.85. The van der Waals surface area contributed by atoms with Crippen molar-refractivity contribution in [3.63, 3.8) is 0 Å². The van der Waals surface area contributed by atoms with Crippen molar-refractivity contribution in [1.82, 2.24) is 0 Å². The van der Waals surface area contributed by atoms with Gasteiger partial charge in [-0.2, -0.15) is 0 Å². The van der Waals surface area contributed by atoms with Crippen molar-refractivity contribution in [3.05, 3.63) is 69.3 Å². The van der Waals surface area contributed by atoms with Gasteiger partial charge >= 0.3 is 0 Å². The van der Waals surface area contributed by atoms with Gasteiger partial charge in [0.15, 0.2) is 0 Å². The maximum absolute atomic E-state index is 12.1. The van der Waals surface area contributed by atoms with E-state index in [0.717, 1.165) is 12.0 Å². The number of nitro benzene ring substituents is 1. The molecular weight excluding hydrogens is 292 g/mol. The number of benzene rings is 2. The largest absolute Gasteiger partial charge is 0.326 e. The van der Waals surface area contributed by atoms with Crippen molar-refractivity contribution >= 4 is 17.3 Å².